The van der Waals surface area contributed by atoms with Crippen molar-refractivity contribution in [3.8, 4) is 0 Å². The van der Waals surface area contributed by atoms with E-state index in [-0.39, 0.29) is 0 Å². The third-order valence-electron chi connectivity index (χ3n) is 1.97. The number of nitrogens with zero attached hydrogens (tertiary/aromatic N) is 1. The molecular weight excluding hydrogens is 162 g/mol. The van der Waals surface area contributed by atoms with Crippen LogP contribution in [0.5, 0.6) is 0 Å². The summed E-state index contributed by atoms with van der Waals surface area (Å²) in [5, 5.41) is 4.09. The van der Waals surface area contributed by atoms with Crippen molar-refractivity contribution in [1.82, 2.24) is 4.98 Å². The Hall–Kier alpha value is -1.77. The second-order valence-electron chi connectivity index (χ2n) is 2.90. The topological polar surface area (TPSA) is 50.9 Å². The summed E-state index contributed by atoms with van der Waals surface area (Å²) in [5.74, 6) is 0.859. The molecule has 1 heterocycles. The maximum absolute atomic E-state index is 5.65. The molecule has 0 saturated carbocycles. The number of nitrogen functional groups attached to an aromatic ring is 1. The van der Waals surface area contributed by atoms with Crippen LogP contribution in [0, 0.1) is 0 Å². The molecule has 0 radical (unpaired) electrons. The lowest BCUT2D eigenvalue weighted by Crippen LogP contribution is -1.92. The molecule has 3 heteroatoms. The smallest absolute Gasteiger partial charge is 0.126 e. The van der Waals surface area contributed by atoms with E-state index in [4.69, 9.17) is 5.73 Å². The van der Waals surface area contributed by atoms with Crippen LogP contribution in [-0.4, -0.2) is 12.0 Å². The molecule has 66 valence electrons. The standard InChI is InChI=1S/C10H11N3/c1-12-10-5-3-7-2-4-8(11)6-9(7)13-10/h2-6H,11H2,1H3,(H,12,13). The highest BCUT2D eigenvalue weighted by atomic mass is 15.0. The largest absolute Gasteiger partial charge is 0.399 e. The molecular formula is C10H11N3. The molecule has 0 aliphatic rings. The van der Waals surface area contributed by atoms with Crippen LogP contribution in [0.15, 0.2) is 30.3 Å². The van der Waals surface area contributed by atoms with E-state index in [0.29, 0.717) is 0 Å². The third-order valence-corrected chi connectivity index (χ3v) is 1.97. The van der Waals surface area contributed by atoms with Gasteiger partial charge in [0.1, 0.15) is 5.82 Å². The van der Waals surface area contributed by atoms with E-state index in [1.165, 1.54) is 0 Å². The molecule has 0 spiro atoms. The Morgan fingerprint density at radius 2 is 2.00 bits per heavy atom. The summed E-state index contributed by atoms with van der Waals surface area (Å²) >= 11 is 0. The van der Waals surface area contributed by atoms with Crippen molar-refractivity contribution in [2.75, 3.05) is 18.1 Å². The Morgan fingerprint density at radius 3 is 2.77 bits per heavy atom. The fourth-order valence-electron chi connectivity index (χ4n) is 1.27. The fourth-order valence-corrected chi connectivity index (χ4v) is 1.27. The molecule has 0 fully saturated rings. The second-order valence-corrected chi connectivity index (χ2v) is 2.90. The number of hydrogen-bond donors (Lipinski definition) is 2. The van der Waals surface area contributed by atoms with Crippen molar-refractivity contribution in [3.05, 3.63) is 30.3 Å². The maximum Gasteiger partial charge on any atom is 0.126 e. The van der Waals surface area contributed by atoms with E-state index >= 15 is 0 Å². The summed E-state index contributed by atoms with van der Waals surface area (Å²) in [5.41, 5.74) is 7.32. The lowest BCUT2D eigenvalue weighted by Gasteiger charge is -2.02. The average Bonchev–Trinajstić information content (AvgIpc) is 2.16. The first-order valence-corrected chi connectivity index (χ1v) is 4.13. The van der Waals surface area contributed by atoms with E-state index in [1.807, 2.05) is 37.4 Å². The molecule has 3 nitrogen and oxygen atoms in total. The molecule has 0 aliphatic heterocycles. The van der Waals surface area contributed by atoms with Crippen molar-refractivity contribution in [1.29, 1.82) is 0 Å². The monoisotopic (exact) mass is 173 g/mol. The molecule has 3 N–H and O–H groups in total. The van der Waals surface area contributed by atoms with Crippen molar-refractivity contribution >= 4 is 22.4 Å². The Kier molecular flexibility index (Phi) is 1.77. The fraction of sp³-hybridized carbons (Fsp3) is 0.100. The highest BCUT2D eigenvalue weighted by Crippen LogP contribution is 2.17. The molecule has 1 aromatic carbocycles. The zero-order chi connectivity index (χ0) is 9.26. The molecule has 0 bridgehead atoms. The summed E-state index contributed by atoms with van der Waals surface area (Å²) in [4.78, 5) is 4.36. The Labute approximate surface area is 76.6 Å². The number of nitrogens with one attached hydrogen (secondary N) is 1. The first kappa shape index (κ1) is 7.86. The van der Waals surface area contributed by atoms with Gasteiger partial charge in [0.05, 0.1) is 5.52 Å². The lowest BCUT2D eigenvalue weighted by atomic mass is 10.2. The normalized spacial score (nSPS) is 10.2. The summed E-state index contributed by atoms with van der Waals surface area (Å²) < 4.78 is 0. The molecule has 0 saturated heterocycles. The van der Waals surface area contributed by atoms with Crippen LogP contribution in [-0.2, 0) is 0 Å². The van der Waals surface area contributed by atoms with Crippen molar-refractivity contribution in [2.24, 2.45) is 0 Å². The van der Waals surface area contributed by atoms with E-state index < -0.39 is 0 Å². The molecule has 0 unspecified atom stereocenters. The highest BCUT2D eigenvalue weighted by Gasteiger charge is 1.96. The molecule has 2 rings (SSSR count). The highest BCUT2D eigenvalue weighted by molar-refractivity contribution is 5.83. The van der Waals surface area contributed by atoms with Gasteiger partial charge in [-0.15, -0.1) is 0 Å². The Morgan fingerprint density at radius 1 is 1.23 bits per heavy atom. The summed E-state index contributed by atoms with van der Waals surface area (Å²) in [6.45, 7) is 0. The van der Waals surface area contributed by atoms with Crippen LogP contribution in [0.1, 0.15) is 0 Å². The van der Waals surface area contributed by atoms with E-state index in [1.54, 1.807) is 0 Å². The van der Waals surface area contributed by atoms with Crippen LogP contribution in [0.4, 0.5) is 11.5 Å². The van der Waals surface area contributed by atoms with Crippen molar-refractivity contribution in [3.63, 3.8) is 0 Å². The molecule has 0 amide bonds. The minimum atomic E-state index is 0.744. The predicted octanol–water partition coefficient (Wildman–Crippen LogP) is 1.86. The number of fused-ring (bicyclic) bond motifs is 1. The minimum Gasteiger partial charge on any atom is -0.399 e. The van der Waals surface area contributed by atoms with E-state index in [2.05, 4.69) is 10.3 Å². The summed E-state index contributed by atoms with van der Waals surface area (Å²) in [6.07, 6.45) is 0. The van der Waals surface area contributed by atoms with Crippen LogP contribution < -0.4 is 11.1 Å². The molecule has 2 aromatic rings. The quantitative estimate of drug-likeness (QED) is 0.647. The number of benzene rings is 1. The second kappa shape index (κ2) is 2.94. The molecule has 0 atom stereocenters. The number of rotatable bonds is 1. The van der Waals surface area contributed by atoms with Gasteiger partial charge in [-0.1, -0.05) is 6.07 Å². The zero-order valence-electron chi connectivity index (χ0n) is 7.41. The predicted molar refractivity (Wildman–Crippen MR) is 55.7 cm³/mol. The first-order valence-electron chi connectivity index (χ1n) is 4.13. The van der Waals surface area contributed by atoms with Gasteiger partial charge < -0.3 is 11.1 Å². The average molecular weight is 173 g/mol. The molecule has 13 heavy (non-hydrogen) atoms. The maximum atomic E-state index is 5.65. The number of anilines is 2. The van der Waals surface area contributed by atoms with Gasteiger partial charge in [-0.05, 0) is 24.3 Å². The van der Waals surface area contributed by atoms with E-state index in [9.17, 15) is 0 Å². The van der Waals surface area contributed by atoms with Crippen LogP contribution in [0.2, 0.25) is 0 Å². The van der Waals surface area contributed by atoms with Gasteiger partial charge in [0.15, 0.2) is 0 Å². The van der Waals surface area contributed by atoms with Crippen LogP contribution >= 0.6 is 0 Å². The van der Waals surface area contributed by atoms with E-state index in [0.717, 1.165) is 22.4 Å². The number of pyridine rings is 1. The third kappa shape index (κ3) is 1.40. The van der Waals surface area contributed by atoms with Gasteiger partial charge in [-0.2, -0.15) is 0 Å². The van der Waals surface area contributed by atoms with Gasteiger partial charge in [0.25, 0.3) is 0 Å². The van der Waals surface area contributed by atoms with Gasteiger partial charge in [-0.3, -0.25) is 0 Å². The number of aromatic nitrogens is 1. The molecule has 1 aromatic heterocycles. The van der Waals surface area contributed by atoms with Gasteiger partial charge in [-0.25, -0.2) is 4.98 Å². The van der Waals surface area contributed by atoms with Crippen LogP contribution in [0.25, 0.3) is 10.9 Å². The van der Waals surface area contributed by atoms with Crippen molar-refractivity contribution in [2.45, 2.75) is 0 Å². The van der Waals surface area contributed by atoms with Crippen LogP contribution in [0.3, 0.4) is 0 Å². The number of hydrogen-bond acceptors (Lipinski definition) is 3. The number of nitrogens with two attached hydrogens (primary N) is 1. The Balaban J connectivity index is 2.68. The summed E-state index contributed by atoms with van der Waals surface area (Å²) in [6, 6.07) is 9.68. The Bertz CT molecular complexity index is 437. The summed E-state index contributed by atoms with van der Waals surface area (Å²) in [7, 11) is 1.85. The van der Waals surface area contributed by atoms with Gasteiger partial charge in [0.2, 0.25) is 0 Å². The van der Waals surface area contributed by atoms with Gasteiger partial charge >= 0.3 is 0 Å². The lowest BCUT2D eigenvalue weighted by molar-refractivity contribution is 1.34. The SMILES string of the molecule is CNc1ccc2ccc(N)cc2n1. The first-order chi connectivity index (χ1) is 6.29. The van der Waals surface area contributed by atoms with Crippen molar-refractivity contribution < 1.29 is 0 Å². The van der Waals surface area contributed by atoms with Gasteiger partial charge in [0, 0.05) is 18.1 Å². The zero-order valence-corrected chi connectivity index (χ0v) is 7.41. The molecule has 0 aliphatic carbocycles. The minimum absolute atomic E-state index is 0.744.